The number of ether oxygens (including phenoxy) is 2. The van der Waals surface area contributed by atoms with Crippen molar-refractivity contribution in [3.63, 3.8) is 0 Å². The number of rotatable bonds is 7. The fourth-order valence-electron chi connectivity index (χ4n) is 5.18. The molecule has 5 heterocycles. The van der Waals surface area contributed by atoms with Gasteiger partial charge in [-0.25, -0.2) is 9.97 Å². The number of anilines is 2. The molecule has 206 valence electrons. The maximum Gasteiger partial charge on any atom is 0.256 e. The molecule has 0 unspecified atom stereocenters. The summed E-state index contributed by atoms with van der Waals surface area (Å²) in [6.45, 7) is 4.49. The molecule has 2 aliphatic heterocycles. The molecule has 0 bridgehead atoms. The first kappa shape index (κ1) is 25.8. The average Bonchev–Trinajstić information content (AvgIpc) is 3.65. The van der Waals surface area contributed by atoms with Gasteiger partial charge >= 0.3 is 0 Å². The van der Waals surface area contributed by atoms with Gasteiger partial charge in [-0.2, -0.15) is 5.10 Å². The first-order valence-electron chi connectivity index (χ1n) is 13.5. The number of likely N-dealkylation sites (tertiary alicyclic amines) is 1. The molecule has 40 heavy (non-hydrogen) atoms. The van der Waals surface area contributed by atoms with E-state index in [1.54, 1.807) is 42.7 Å². The molecule has 3 N–H and O–H groups in total. The van der Waals surface area contributed by atoms with Gasteiger partial charge in [0.05, 0.1) is 12.5 Å². The Labute approximate surface area is 231 Å². The van der Waals surface area contributed by atoms with E-state index in [1.807, 2.05) is 24.0 Å². The highest BCUT2D eigenvalue weighted by Gasteiger charge is 2.31. The molecule has 11 nitrogen and oxygen atoms in total. The summed E-state index contributed by atoms with van der Waals surface area (Å²) < 4.78 is 11.6. The minimum atomic E-state index is -0.252. The van der Waals surface area contributed by atoms with Crippen molar-refractivity contribution in [3.05, 3.63) is 66.0 Å². The second-order valence-electron chi connectivity index (χ2n) is 10.2. The van der Waals surface area contributed by atoms with E-state index in [2.05, 4.69) is 30.8 Å². The van der Waals surface area contributed by atoms with Gasteiger partial charge in [-0.1, -0.05) is 0 Å². The van der Waals surface area contributed by atoms with Gasteiger partial charge in [0.1, 0.15) is 22.7 Å². The first-order chi connectivity index (χ1) is 19.5. The Morgan fingerprint density at radius 3 is 2.75 bits per heavy atom. The Kier molecular flexibility index (Phi) is 7.28. The number of piperidine rings is 1. The predicted octanol–water partition coefficient (Wildman–Crippen LogP) is 4.15. The molecule has 11 heteroatoms. The van der Waals surface area contributed by atoms with Crippen LogP contribution in [0.1, 0.15) is 35.2 Å². The number of H-pyrrole nitrogens is 1. The summed E-state index contributed by atoms with van der Waals surface area (Å²) in [5.41, 5.74) is 2.09. The monoisotopic (exact) mass is 541 g/mol. The van der Waals surface area contributed by atoms with Crippen LogP contribution in [0.5, 0.6) is 11.5 Å². The third-order valence-corrected chi connectivity index (χ3v) is 7.28. The van der Waals surface area contributed by atoms with Crippen molar-refractivity contribution in [2.75, 3.05) is 36.9 Å². The number of aromatic nitrogens is 4. The summed E-state index contributed by atoms with van der Waals surface area (Å²) in [5.74, 6) is 2.16. The minimum absolute atomic E-state index is 0.0363. The third kappa shape index (κ3) is 5.59. The van der Waals surface area contributed by atoms with Gasteiger partial charge in [-0.15, -0.1) is 0 Å². The normalized spacial score (nSPS) is 19.0. The van der Waals surface area contributed by atoms with Crippen molar-refractivity contribution in [1.29, 1.82) is 0 Å². The van der Waals surface area contributed by atoms with Crippen molar-refractivity contribution < 1.29 is 19.1 Å². The number of hydrogen-bond donors (Lipinski definition) is 3. The molecule has 2 fully saturated rings. The lowest BCUT2D eigenvalue weighted by Gasteiger charge is -2.34. The van der Waals surface area contributed by atoms with Crippen molar-refractivity contribution >= 4 is 34.5 Å². The Hall–Kier alpha value is -4.51. The average molecular weight is 542 g/mol. The molecule has 0 aliphatic carbocycles. The third-order valence-electron chi connectivity index (χ3n) is 7.28. The zero-order valence-electron chi connectivity index (χ0n) is 22.2. The van der Waals surface area contributed by atoms with Gasteiger partial charge in [0.25, 0.3) is 5.91 Å². The Morgan fingerprint density at radius 2 is 1.95 bits per heavy atom. The minimum Gasteiger partial charge on any atom is -0.456 e. The Morgan fingerprint density at radius 1 is 1.10 bits per heavy atom. The molecule has 0 radical (unpaired) electrons. The van der Waals surface area contributed by atoms with Crippen molar-refractivity contribution in [3.8, 4) is 11.5 Å². The zero-order valence-corrected chi connectivity index (χ0v) is 22.2. The number of fused-ring (bicyclic) bond motifs is 1. The van der Waals surface area contributed by atoms with Crippen LogP contribution in [-0.2, 0) is 9.53 Å². The van der Waals surface area contributed by atoms with Gasteiger partial charge in [0, 0.05) is 49.8 Å². The summed E-state index contributed by atoms with van der Waals surface area (Å²) in [6, 6.07) is 12.4. The maximum atomic E-state index is 12.9. The van der Waals surface area contributed by atoms with E-state index in [-0.39, 0.29) is 23.8 Å². The number of benzene rings is 1. The Balaban J connectivity index is 1.14. The van der Waals surface area contributed by atoms with Gasteiger partial charge in [-0.05, 0) is 68.1 Å². The zero-order chi connectivity index (χ0) is 27.5. The number of hydrogen-bond acceptors (Lipinski definition) is 8. The summed E-state index contributed by atoms with van der Waals surface area (Å²) in [4.78, 5) is 36.1. The fourth-order valence-corrected chi connectivity index (χ4v) is 5.18. The summed E-state index contributed by atoms with van der Waals surface area (Å²) >= 11 is 0. The molecular weight excluding hydrogens is 510 g/mol. The van der Waals surface area contributed by atoms with Gasteiger partial charge in [0.2, 0.25) is 5.91 Å². The second-order valence-corrected chi connectivity index (χ2v) is 10.2. The first-order valence-corrected chi connectivity index (χ1v) is 13.5. The van der Waals surface area contributed by atoms with E-state index < -0.39 is 0 Å². The largest absolute Gasteiger partial charge is 0.456 e. The number of nitrogens with one attached hydrogen (secondary N) is 3. The van der Waals surface area contributed by atoms with Crippen LogP contribution in [0.4, 0.5) is 11.6 Å². The van der Waals surface area contributed by atoms with Gasteiger partial charge in [0.15, 0.2) is 11.5 Å². The number of aryl methyl sites for hydroxylation is 1. The van der Waals surface area contributed by atoms with Crippen LogP contribution in [0.2, 0.25) is 0 Å². The van der Waals surface area contributed by atoms with Crippen molar-refractivity contribution in [1.82, 2.24) is 25.1 Å². The molecule has 2 amide bonds. The lowest BCUT2D eigenvalue weighted by Crippen LogP contribution is -2.47. The molecule has 2 saturated heterocycles. The molecule has 3 aromatic heterocycles. The Bertz CT molecular complexity index is 1510. The molecule has 6 rings (SSSR count). The van der Waals surface area contributed by atoms with Gasteiger partial charge in [-0.3, -0.25) is 14.7 Å². The van der Waals surface area contributed by atoms with E-state index in [4.69, 9.17) is 9.47 Å². The van der Waals surface area contributed by atoms with E-state index >= 15 is 0 Å². The highest BCUT2D eigenvalue weighted by atomic mass is 16.5. The molecular formula is C29H31N7O4. The van der Waals surface area contributed by atoms with Crippen LogP contribution in [0.15, 0.2) is 54.9 Å². The number of aromatic amines is 1. The SMILES string of the molecule is Cc1ccnc(NC(=O)c2ccc(Oc3ccnc4[nH]nc(N[C@@H]5CCCN(C(=O)[C@@H]6CCOC6)C5)c34)cc2)c1. The molecule has 1 aromatic carbocycles. The van der Waals surface area contributed by atoms with E-state index in [0.29, 0.717) is 54.1 Å². The second kappa shape index (κ2) is 11.3. The summed E-state index contributed by atoms with van der Waals surface area (Å²) in [6.07, 6.45) is 5.95. The molecule has 0 saturated carbocycles. The highest BCUT2D eigenvalue weighted by Crippen LogP contribution is 2.34. The van der Waals surface area contributed by atoms with Crippen LogP contribution in [0.3, 0.4) is 0 Å². The lowest BCUT2D eigenvalue weighted by atomic mass is 10.0. The molecule has 4 aromatic rings. The number of nitrogens with zero attached hydrogens (tertiary/aromatic N) is 4. The maximum absolute atomic E-state index is 12.9. The van der Waals surface area contributed by atoms with Crippen LogP contribution < -0.4 is 15.4 Å². The number of amides is 2. The lowest BCUT2D eigenvalue weighted by molar-refractivity contribution is -0.136. The van der Waals surface area contributed by atoms with E-state index in [0.717, 1.165) is 36.8 Å². The fraction of sp³-hybridized carbons (Fsp3) is 0.345. The number of carbonyl (C=O) groups is 2. The number of carbonyl (C=O) groups excluding carboxylic acids is 2. The van der Waals surface area contributed by atoms with Gasteiger partial charge < -0.3 is 25.0 Å². The summed E-state index contributed by atoms with van der Waals surface area (Å²) in [5, 5.41) is 14.5. The van der Waals surface area contributed by atoms with Crippen LogP contribution in [0, 0.1) is 12.8 Å². The molecule has 0 spiro atoms. The highest BCUT2D eigenvalue weighted by molar-refractivity contribution is 6.03. The van der Waals surface area contributed by atoms with Crippen LogP contribution in [-0.4, -0.2) is 69.2 Å². The van der Waals surface area contributed by atoms with E-state index in [9.17, 15) is 9.59 Å². The van der Waals surface area contributed by atoms with Crippen molar-refractivity contribution in [2.24, 2.45) is 5.92 Å². The molecule has 2 aliphatic rings. The quantitative estimate of drug-likeness (QED) is 0.318. The molecule has 2 atom stereocenters. The standard InChI is InChI=1S/C29H31N7O4/c1-18-8-11-30-24(15-18)33-28(37)19-4-6-22(7-5-19)40-23-9-12-31-26-25(23)27(35-34-26)32-21-3-2-13-36(16-21)29(38)20-10-14-39-17-20/h4-9,11-12,15,20-21H,2-3,10,13-14,16-17H2,1H3,(H,30,33,37)(H2,31,32,34,35)/t20-,21-/m1/s1. The number of pyridine rings is 2. The van der Waals surface area contributed by atoms with Crippen LogP contribution in [0.25, 0.3) is 11.0 Å². The van der Waals surface area contributed by atoms with E-state index in [1.165, 1.54) is 0 Å². The van der Waals surface area contributed by atoms with Crippen molar-refractivity contribution in [2.45, 2.75) is 32.2 Å². The topological polar surface area (TPSA) is 134 Å². The smallest absolute Gasteiger partial charge is 0.256 e. The summed E-state index contributed by atoms with van der Waals surface area (Å²) in [7, 11) is 0. The predicted molar refractivity (Wildman–Crippen MR) is 149 cm³/mol. The van der Waals surface area contributed by atoms with Crippen LogP contribution >= 0.6 is 0 Å².